The highest BCUT2D eigenvalue weighted by Crippen LogP contribution is 2.35. The van der Waals surface area contributed by atoms with E-state index < -0.39 is 0 Å². The van der Waals surface area contributed by atoms with Gasteiger partial charge in [0.2, 0.25) is 0 Å². The zero-order valence-corrected chi connectivity index (χ0v) is 20.0. The average Bonchev–Trinajstić information content (AvgIpc) is 3.16. The molecule has 6 nitrogen and oxygen atoms in total. The van der Waals surface area contributed by atoms with Crippen LogP contribution in [0.1, 0.15) is 22.3 Å². The van der Waals surface area contributed by atoms with E-state index in [0.717, 1.165) is 16.7 Å². The molecule has 0 bridgehead atoms. The van der Waals surface area contributed by atoms with Crippen LogP contribution in [0.4, 0.5) is 5.69 Å². The Morgan fingerprint density at radius 2 is 1.86 bits per heavy atom. The van der Waals surface area contributed by atoms with Crippen molar-refractivity contribution in [1.82, 2.24) is 5.32 Å². The summed E-state index contributed by atoms with van der Waals surface area (Å²) in [6, 6.07) is 22.5. The maximum atomic E-state index is 13.1. The highest BCUT2D eigenvalue weighted by atomic mass is 32.1. The van der Waals surface area contributed by atoms with Crippen LogP contribution in [-0.4, -0.2) is 18.1 Å². The molecule has 0 aliphatic carbocycles. The Balaban J connectivity index is 1.66. The molecule has 1 aliphatic rings. The number of hydrogen-bond acceptors (Lipinski definition) is 5. The van der Waals surface area contributed by atoms with Gasteiger partial charge in [0.15, 0.2) is 16.6 Å². The van der Waals surface area contributed by atoms with Crippen LogP contribution in [0.25, 0.3) is 6.08 Å². The zero-order chi connectivity index (χ0) is 24.8. The molecule has 35 heavy (non-hydrogen) atoms. The molecule has 1 saturated heterocycles. The number of nitriles is 1. The Kier molecular flexibility index (Phi) is 7.24. The molecule has 0 unspecified atom stereocenters. The van der Waals surface area contributed by atoms with Crippen molar-refractivity contribution in [3.8, 4) is 17.6 Å². The summed E-state index contributed by atoms with van der Waals surface area (Å²) in [7, 11) is 1.56. The molecule has 1 aliphatic heterocycles. The number of amides is 1. The highest BCUT2D eigenvalue weighted by Gasteiger charge is 2.32. The molecule has 0 atom stereocenters. The SMILES string of the molecule is C=CCc1cc(/C=C2\NC(=S)N(c3ccccc3)C2=O)cc(OC)c1OCc1ccccc1C#N. The Bertz CT molecular complexity index is 1360. The van der Waals surface area contributed by atoms with Crippen molar-refractivity contribution in [2.75, 3.05) is 12.0 Å². The van der Waals surface area contributed by atoms with Crippen LogP contribution in [0.5, 0.6) is 11.5 Å². The van der Waals surface area contributed by atoms with E-state index in [9.17, 15) is 10.1 Å². The van der Waals surface area contributed by atoms with Crippen LogP contribution < -0.4 is 19.7 Å². The van der Waals surface area contributed by atoms with Crippen LogP contribution in [0.3, 0.4) is 0 Å². The largest absolute Gasteiger partial charge is 0.493 e. The molecule has 1 N–H and O–H groups in total. The van der Waals surface area contributed by atoms with Crippen molar-refractivity contribution in [2.24, 2.45) is 0 Å². The predicted octanol–water partition coefficient (Wildman–Crippen LogP) is 5.14. The number of methoxy groups -OCH3 is 1. The molecule has 7 heteroatoms. The fourth-order valence-corrected chi connectivity index (χ4v) is 4.11. The van der Waals surface area contributed by atoms with Gasteiger partial charge in [-0.25, -0.2) is 0 Å². The first-order valence-corrected chi connectivity index (χ1v) is 11.3. The van der Waals surface area contributed by atoms with Crippen LogP contribution in [0, 0.1) is 11.3 Å². The van der Waals surface area contributed by atoms with Crippen LogP contribution in [-0.2, 0) is 17.8 Å². The van der Waals surface area contributed by atoms with E-state index in [1.165, 1.54) is 4.90 Å². The van der Waals surface area contributed by atoms with Crippen molar-refractivity contribution in [2.45, 2.75) is 13.0 Å². The lowest BCUT2D eigenvalue weighted by atomic mass is 10.0. The Labute approximate surface area is 209 Å². The van der Waals surface area contributed by atoms with Crippen LogP contribution in [0.15, 0.2) is 85.1 Å². The lowest BCUT2D eigenvalue weighted by Gasteiger charge is -2.16. The van der Waals surface area contributed by atoms with E-state index in [2.05, 4.69) is 18.0 Å². The molecule has 0 radical (unpaired) electrons. The Hall–Kier alpha value is -4.41. The molecule has 174 valence electrons. The second kappa shape index (κ2) is 10.7. The number of anilines is 1. The number of ether oxygens (including phenoxy) is 2. The number of carbonyl (C=O) groups is 1. The standard InChI is InChI=1S/C28H23N3O3S/c1-3-9-20-14-19(15-24-27(32)31(28(35)30-24)23-12-5-4-6-13-23)16-25(33-2)26(20)34-18-22-11-8-7-10-21(22)17-29/h3-8,10-16H,1,9,18H2,2H3,(H,30,35)/b24-15-. The zero-order valence-electron chi connectivity index (χ0n) is 19.2. The van der Waals surface area contributed by atoms with Crippen molar-refractivity contribution in [3.05, 3.63) is 107 Å². The maximum Gasteiger partial charge on any atom is 0.281 e. The smallest absolute Gasteiger partial charge is 0.281 e. The first-order chi connectivity index (χ1) is 17.0. The summed E-state index contributed by atoms with van der Waals surface area (Å²) in [4.78, 5) is 14.5. The lowest BCUT2D eigenvalue weighted by Crippen LogP contribution is -2.30. The van der Waals surface area contributed by atoms with E-state index in [1.807, 2.05) is 54.6 Å². The van der Waals surface area contributed by atoms with Gasteiger partial charge in [0.1, 0.15) is 12.3 Å². The van der Waals surface area contributed by atoms with Crippen LogP contribution >= 0.6 is 12.2 Å². The summed E-state index contributed by atoms with van der Waals surface area (Å²) in [5.41, 5.74) is 3.99. The number of carbonyl (C=O) groups excluding carboxylic acids is 1. The first kappa shape index (κ1) is 23.7. The topological polar surface area (TPSA) is 74.6 Å². The van der Waals surface area contributed by atoms with E-state index >= 15 is 0 Å². The van der Waals surface area contributed by atoms with Gasteiger partial charge >= 0.3 is 0 Å². The molecule has 1 heterocycles. The average molecular weight is 482 g/mol. The molecule has 0 aromatic heterocycles. The number of thiocarbonyl (C=S) groups is 1. The third-order valence-electron chi connectivity index (χ3n) is 5.45. The second-order valence-electron chi connectivity index (χ2n) is 7.73. The summed E-state index contributed by atoms with van der Waals surface area (Å²) in [5.74, 6) is 0.840. The lowest BCUT2D eigenvalue weighted by molar-refractivity contribution is -0.113. The van der Waals surface area contributed by atoms with Crippen molar-refractivity contribution >= 4 is 35.0 Å². The highest BCUT2D eigenvalue weighted by molar-refractivity contribution is 7.80. The number of para-hydroxylation sites is 1. The number of allylic oxidation sites excluding steroid dienone is 1. The third-order valence-corrected chi connectivity index (χ3v) is 5.74. The van der Waals surface area contributed by atoms with Gasteiger partial charge in [0.05, 0.1) is 24.4 Å². The number of nitrogens with one attached hydrogen (secondary N) is 1. The number of rotatable bonds is 8. The maximum absolute atomic E-state index is 13.1. The van der Waals surface area contributed by atoms with E-state index in [4.69, 9.17) is 21.7 Å². The fourth-order valence-electron chi connectivity index (χ4n) is 3.81. The van der Waals surface area contributed by atoms with Gasteiger partial charge in [-0.05, 0) is 60.6 Å². The molecule has 0 spiro atoms. The minimum Gasteiger partial charge on any atom is -0.493 e. The van der Waals surface area contributed by atoms with Gasteiger partial charge in [0, 0.05) is 11.1 Å². The van der Waals surface area contributed by atoms with E-state index in [1.54, 1.807) is 31.4 Å². The van der Waals surface area contributed by atoms with Gasteiger partial charge < -0.3 is 14.8 Å². The molecule has 1 amide bonds. The summed E-state index contributed by atoms with van der Waals surface area (Å²) >= 11 is 5.40. The molecule has 3 aromatic carbocycles. The predicted molar refractivity (Wildman–Crippen MR) is 140 cm³/mol. The quantitative estimate of drug-likeness (QED) is 0.273. The molecule has 0 saturated carbocycles. The molecule has 4 rings (SSSR count). The van der Waals surface area contributed by atoms with Crippen LogP contribution in [0.2, 0.25) is 0 Å². The van der Waals surface area contributed by atoms with Gasteiger partial charge in [-0.1, -0.05) is 42.5 Å². The second-order valence-corrected chi connectivity index (χ2v) is 8.11. The number of nitrogens with zero attached hydrogens (tertiary/aromatic N) is 2. The minimum atomic E-state index is -0.237. The summed E-state index contributed by atoms with van der Waals surface area (Å²) in [6.07, 6.45) is 4.03. The molecule has 3 aromatic rings. The monoisotopic (exact) mass is 481 g/mol. The summed E-state index contributed by atoms with van der Waals surface area (Å²) < 4.78 is 11.7. The third kappa shape index (κ3) is 5.08. The van der Waals surface area contributed by atoms with E-state index in [-0.39, 0.29) is 12.5 Å². The van der Waals surface area contributed by atoms with Crippen molar-refractivity contribution in [3.63, 3.8) is 0 Å². The van der Waals surface area contributed by atoms with Crippen molar-refractivity contribution < 1.29 is 14.3 Å². The van der Waals surface area contributed by atoms with Gasteiger partial charge in [0.25, 0.3) is 5.91 Å². The van der Waals surface area contributed by atoms with Gasteiger partial charge in [-0.3, -0.25) is 9.69 Å². The molecular weight excluding hydrogens is 458 g/mol. The molecular formula is C28H23N3O3S. The normalized spacial score (nSPS) is 13.9. The molecule has 1 fully saturated rings. The van der Waals surface area contributed by atoms with Crippen molar-refractivity contribution in [1.29, 1.82) is 5.26 Å². The van der Waals surface area contributed by atoms with Gasteiger partial charge in [-0.2, -0.15) is 5.26 Å². The summed E-state index contributed by atoms with van der Waals surface area (Å²) in [6.45, 7) is 4.06. The minimum absolute atomic E-state index is 0.213. The Morgan fingerprint density at radius 3 is 2.57 bits per heavy atom. The van der Waals surface area contributed by atoms with Gasteiger partial charge in [-0.15, -0.1) is 6.58 Å². The summed E-state index contributed by atoms with van der Waals surface area (Å²) in [5, 5.41) is 12.7. The Morgan fingerprint density at radius 1 is 1.11 bits per heavy atom. The number of hydrogen-bond donors (Lipinski definition) is 1. The number of benzene rings is 3. The first-order valence-electron chi connectivity index (χ1n) is 10.9. The van der Waals surface area contributed by atoms with E-state index in [0.29, 0.717) is 40.0 Å². The fraction of sp³-hybridized carbons (Fsp3) is 0.107.